The molecule has 0 spiro atoms. The third kappa shape index (κ3) is 1.97. The maximum Gasteiger partial charge on any atom is 0.410 e. The molecule has 0 aromatic carbocycles. The summed E-state index contributed by atoms with van der Waals surface area (Å²) in [6.45, 7) is 1.75. The molecule has 1 aliphatic heterocycles. The second-order valence-corrected chi connectivity index (χ2v) is 4.45. The van der Waals surface area contributed by atoms with Gasteiger partial charge in [0, 0.05) is 13.1 Å². The van der Waals surface area contributed by atoms with Gasteiger partial charge in [-0.1, -0.05) is 24.4 Å². The van der Waals surface area contributed by atoms with Crippen LogP contribution in [0.3, 0.4) is 0 Å². The third-order valence-electron chi connectivity index (χ3n) is 3.41. The van der Waals surface area contributed by atoms with Crippen LogP contribution in [0.1, 0.15) is 25.7 Å². The highest BCUT2D eigenvalue weighted by Crippen LogP contribution is 2.36. The number of fused-ring (bicyclic) bond motifs is 1. The van der Waals surface area contributed by atoms with E-state index in [0.717, 1.165) is 13.1 Å². The molecule has 1 heterocycles. The quantitative estimate of drug-likeness (QED) is 0.632. The molecule has 4 heteroatoms. The number of hydrogen-bond acceptors (Lipinski definition) is 2. The molecular weight excluding hydrogens is 202 g/mol. The van der Waals surface area contributed by atoms with Gasteiger partial charge in [-0.2, -0.15) is 0 Å². The number of likely N-dealkylation sites (tertiary alicyclic amines) is 1. The van der Waals surface area contributed by atoms with Gasteiger partial charge in [0.25, 0.3) is 0 Å². The number of carbonyl (C=O) groups excluding carboxylic acids is 1. The van der Waals surface area contributed by atoms with Crippen LogP contribution in [0.2, 0.25) is 0 Å². The normalized spacial score (nSPS) is 31.4. The summed E-state index contributed by atoms with van der Waals surface area (Å²) in [5, 5.41) is 0. The van der Waals surface area contributed by atoms with Gasteiger partial charge in [-0.15, -0.1) is 0 Å². The first-order valence-electron chi connectivity index (χ1n) is 5.29. The van der Waals surface area contributed by atoms with Crippen molar-refractivity contribution in [2.75, 3.05) is 19.2 Å². The molecule has 0 aromatic heterocycles. The highest BCUT2D eigenvalue weighted by Gasteiger charge is 2.36. The van der Waals surface area contributed by atoms with Crippen LogP contribution < -0.4 is 0 Å². The zero-order valence-corrected chi connectivity index (χ0v) is 9.00. The van der Waals surface area contributed by atoms with Crippen LogP contribution in [0, 0.1) is 11.8 Å². The van der Waals surface area contributed by atoms with Gasteiger partial charge in [-0.05, 0) is 24.7 Å². The molecule has 2 rings (SSSR count). The zero-order valence-electron chi connectivity index (χ0n) is 8.25. The molecule has 0 radical (unpaired) electrons. The summed E-state index contributed by atoms with van der Waals surface area (Å²) in [7, 11) is 0. The number of nitrogens with zero attached hydrogens (tertiary/aromatic N) is 1. The minimum Gasteiger partial charge on any atom is -0.433 e. The fourth-order valence-corrected chi connectivity index (χ4v) is 2.79. The maximum absolute atomic E-state index is 11.4. The molecule has 1 saturated heterocycles. The van der Waals surface area contributed by atoms with Gasteiger partial charge in [0.2, 0.25) is 0 Å². The van der Waals surface area contributed by atoms with E-state index in [1.165, 1.54) is 25.7 Å². The molecule has 2 atom stereocenters. The van der Waals surface area contributed by atoms with E-state index in [1.54, 1.807) is 0 Å². The molecular formula is C10H16ClNO2. The highest BCUT2D eigenvalue weighted by atomic mass is 35.5. The molecule has 14 heavy (non-hydrogen) atoms. The van der Waals surface area contributed by atoms with Gasteiger partial charge in [0.1, 0.15) is 0 Å². The molecule has 1 saturated carbocycles. The van der Waals surface area contributed by atoms with Crippen molar-refractivity contribution >= 4 is 17.7 Å². The average molecular weight is 218 g/mol. The van der Waals surface area contributed by atoms with Gasteiger partial charge in [0.05, 0.1) is 0 Å². The van der Waals surface area contributed by atoms with Gasteiger partial charge in [-0.3, -0.25) is 0 Å². The van der Waals surface area contributed by atoms with Crippen molar-refractivity contribution in [1.82, 2.24) is 4.90 Å². The van der Waals surface area contributed by atoms with Crippen LogP contribution >= 0.6 is 11.6 Å². The van der Waals surface area contributed by atoms with Crippen LogP contribution in [-0.2, 0) is 4.74 Å². The molecule has 1 aliphatic carbocycles. The lowest BCUT2D eigenvalue weighted by molar-refractivity contribution is 0.125. The van der Waals surface area contributed by atoms with Crippen LogP contribution in [0.4, 0.5) is 4.79 Å². The molecule has 2 fully saturated rings. The second-order valence-electron chi connectivity index (χ2n) is 4.23. The van der Waals surface area contributed by atoms with E-state index in [4.69, 9.17) is 16.3 Å². The number of ether oxygens (including phenoxy) is 1. The van der Waals surface area contributed by atoms with Crippen molar-refractivity contribution in [1.29, 1.82) is 0 Å². The Bertz CT molecular complexity index is 208. The summed E-state index contributed by atoms with van der Waals surface area (Å²) in [6, 6.07) is -0.0370. The summed E-state index contributed by atoms with van der Waals surface area (Å²) in [4.78, 5) is 13.2. The van der Waals surface area contributed by atoms with E-state index in [1.807, 2.05) is 4.90 Å². The van der Waals surface area contributed by atoms with E-state index in [9.17, 15) is 4.79 Å². The Balaban J connectivity index is 1.89. The Morgan fingerprint density at radius 2 is 1.86 bits per heavy atom. The van der Waals surface area contributed by atoms with Crippen molar-refractivity contribution in [3.8, 4) is 0 Å². The van der Waals surface area contributed by atoms with E-state index >= 15 is 0 Å². The van der Waals surface area contributed by atoms with Gasteiger partial charge in [0.15, 0.2) is 6.07 Å². The molecule has 3 nitrogen and oxygen atoms in total. The summed E-state index contributed by atoms with van der Waals surface area (Å²) >= 11 is 5.36. The van der Waals surface area contributed by atoms with Gasteiger partial charge < -0.3 is 9.64 Å². The number of carbonyl (C=O) groups is 1. The minimum atomic E-state index is -0.241. The van der Waals surface area contributed by atoms with Crippen LogP contribution in [0.5, 0.6) is 0 Å². The van der Waals surface area contributed by atoms with Crippen molar-refractivity contribution in [2.45, 2.75) is 25.7 Å². The first kappa shape index (κ1) is 10.1. The molecule has 2 aliphatic rings. The fourth-order valence-electron chi connectivity index (χ4n) is 2.69. The molecule has 2 unspecified atom stereocenters. The number of rotatable bonds is 1. The topological polar surface area (TPSA) is 29.5 Å². The lowest BCUT2D eigenvalue weighted by atomic mass is 9.82. The minimum absolute atomic E-state index is 0.0370. The Morgan fingerprint density at radius 3 is 2.36 bits per heavy atom. The Hall–Kier alpha value is -0.440. The lowest BCUT2D eigenvalue weighted by Crippen LogP contribution is -2.29. The first-order valence-corrected chi connectivity index (χ1v) is 5.82. The third-order valence-corrected chi connectivity index (χ3v) is 3.52. The zero-order chi connectivity index (χ0) is 9.97. The molecule has 0 N–H and O–H groups in total. The monoisotopic (exact) mass is 217 g/mol. The van der Waals surface area contributed by atoms with E-state index < -0.39 is 0 Å². The Morgan fingerprint density at radius 1 is 1.29 bits per heavy atom. The Labute approximate surface area is 89.4 Å². The maximum atomic E-state index is 11.4. The standard InChI is InChI=1S/C10H16ClNO2/c11-7-14-10(13)12-5-8-3-1-2-4-9(8)6-12/h8-9H,1-7H2. The molecule has 80 valence electrons. The predicted octanol–water partition coefficient (Wildman–Crippen LogP) is 2.44. The van der Waals surface area contributed by atoms with Crippen molar-refractivity contribution in [3.05, 3.63) is 0 Å². The smallest absolute Gasteiger partial charge is 0.410 e. The summed E-state index contributed by atoms with van der Waals surface area (Å²) in [5.41, 5.74) is 0. The van der Waals surface area contributed by atoms with Crippen molar-refractivity contribution < 1.29 is 9.53 Å². The number of amides is 1. The van der Waals surface area contributed by atoms with E-state index in [2.05, 4.69) is 0 Å². The highest BCUT2D eigenvalue weighted by molar-refractivity contribution is 6.17. The summed E-state index contributed by atoms with van der Waals surface area (Å²) in [5.74, 6) is 1.43. The van der Waals surface area contributed by atoms with Gasteiger partial charge in [-0.25, -0.2) is 4.79 Å². The SMILES string of the molecule is O=C(OCCl)N1CC2CCCCC2C1. The molecule has 0 aromatic rings. The number of hydrogen-bond donors (Lipinski definition) is 0. The first-order chi connectivity index (χ1) is 6.81. The average Bonchev–Trinajstić information content (AvgIpc) is 2.61. The molecule has 1 amide bonds. The predicted molar refractivity (Wildman–Crippen MR) is 54.2 cm³/mol. The van der Waals surface area contributed by atoms with Crippen LogP contribution in [0.15, 0.2) is 0 Å². The lowest BCUT2D eigenvalue weighted by Gasteiger charge is -2.22. The second kappa shape index (κ2) is 4.39. The number of alkyl halides is 1. The largest absolute Gasteiger partial charge is 0.433 e. The van der Waals surface area contributed by atoms with Crippen LogP contribution in [-0.4, -0.2) is 30.1 Å². The number of halogens is 1. The van der Waals surface area contributed by atoms with Crippen molar-refractivity contribution in [2.24, 2.45) is 11.8 Å². The summed E-state index contributed by atoms with van der Waals surface area (Å²) < 4.78 is 4.78. The fraction of sp³-hybridized carbons (Fsp3) is 0.900. The van der Waals surface area contributed by atoms with E-state index in [0.29, 0.717) is 11.8 Å². The van der Waals surface area contributed by atoms with Gasteiger partial charge >= 0.3 is 6.09 Å². The van der Waals surface area contributed by atoms with Crippen molar-refractivity contribution in [3.63, 3.8) is 0 Å². The van der Waals surface area contributed by atoms with Crippen LogP contribution in [0.25, 0.3) is 0 Å². The Kier molecular flexibility index (Phi) is 3.16. The molecule has 0 bridgehead atoms. The van der Waals surface area contributed by atoms with E-state index in [-0.39, 0.29) is 12.2 Å². The summed E-state index contributed by atoms with van der Waals surface area (Å²) in [6.07, 6.45) is 4.94.